The van der Waals surface area contributed by atoms with Gasteiger partial charge in [0.1, 0.15) is 0 Å². The quantitative estimate of drug-likeness (QED) is 0.699. The van der Waals surface area contributed by atoms with Gasteiger partial charge in [-0.2, -0.15) is 0 Å². The van der Waals surface area contributed by atoms with Crippen molar-refractivity contribution in [3.05, 3.63) is 23.3 Å². The van der Waals surface area contributed by atoms with Crippen molar-refractivity contribution >= 4 is 17.3 Å². The van der Waals surface area contributed by atoms with Crippen LogP contribution in [0.3, 0.4) is 0 Å². The molecule has 2 rings (SSSR count). The molecule has 1 aromatic carbocycles. The molecule has 4 N–H and O–H groups in total. The zero-order valence-electron chi connectivity index (χ0n) is 10.2. The van der Waals surface area contributed by atoms with Crippen molar-refractivity contribution in [2.24, 2.45) is 11.8 Å². The number of benzene rings is 1. The molecule has 0 saturated heterocycles. The Kier molecular flexibility index (Phi) is 2.96. The number of nitrogen functional groups attached to an aromatic ring is 1. The molecule has 0 radical (unpaired) electrons. The summed E-state index contributed by atoms with van der Waals surface area (Å²) in [5, 5.41) is 12.3. The summed E-state index contributed by atoms with van der Waals surface area (Å²) >= 11 is 0. The molecule has 0 bridgehead atoms. The lowest BCUT2D eigenvalue weighted by Crippen LogP contribution is -2.09. The molecular formula is C13H18N2O2. The largest absolute Gasteiger partial charge is 0.478 e. The predicted octanol–water partition coefficient (Wildman–Crippen LogP) is 2.34. The fourth-order valence-corrected chi connectivity index (χ4v) is 2.01. The first-order chi connectivity index (χ1) is 7.99. The Morgan fingerprint density at radius 1 is 1.59 bits per heavy atom. The second-order valence-corrected chi connectivity index (χ2v) is 4.91. The van der Waals surface area contributed by atoms with Crippen LogP contribution in [0.15, 0.2) is 12.1 Å². The monoisotopic (exact) mass is 234 g/mol. The zero-order valence-corrected chi connectivity index (χ0v) is 10.2. The van der Waals surface area contributed by atoms with Crippen molar-refractivity contribution in [3.63, 3.8) is 0 Å². The third kappa shape index (κ3) is 2.52. The summed E-state index contributed by atoms with van der Waals surface area (Å²) in [5.74, 6) is 0.534. The Balaban J connectivity index is 2.14. The summed E-state index contributed by atoms with van der Waals surface area (Å²) in [6, 6.07) is 3.51. The molecule has 0 aliphatic heterocycles. The fraction of sp³-hybridized carbons (Fsp3) is 0.462. The van der Waals surface area contributed by atoms with Gasteiger partial charge in [-0.3, -0.25) is 0 Å². The van der Waals surface area contributed by atoms with Crippen LogP contribution in [0, 0.1) is 18.8 Å². The van der Waals surface area contributed by atoms with Crippen molar-refractivity contribution in [3.8, 4) is 0 Å². The average Bonchev–Trinajstić information content (AvgIpc) is 2.96. The van der Waals surface area contributed by atoms with Gasteiger partial charge in [0.15, 0.2) is 0 Å². The van der Waals surface area contributed by atoms with E-state index in [9.17, 15) is 4.79 Å². The second-order valence-electron chi connectivity index (χ2n) is 4.91. The smallest absolute Gasteiger partial charge is 0.337 e. The highest BCUT2D eigenvalue weighted by atomic mass is 16.4. The normalized spacial score (nSPS) is 22.2. The van der Waals surface area contributed by atoms with Crippen LogP contribution in [0.1, 0.15) is 29.3 Å². The van der Waals surface area contributed by atoms with E-state index in [-0.39, 0.29) is 5.56 Å². The lowest BCUT2D eigenvalue weighted by molar-refractivity contribution is 0.0698. The Hall–Kier alpha value is -1.71. The second kappa shape index (κ2) is 4.28. The lowest BCUT2D eigenvalue weighted by Gasteiger charge is -2.11. The van der Waals surface area contributed by atoms with Crippen molar-refractivity contribution in [1.82, 2.24) is 0 Å². The van der Waals surface area contributed by atoms with Gasteiger partial charge in [-0.25, -0.2) is 4.79 Å². The minimum atomic E-state index is -0.978. The van der Waals surface area contributed by atoms with Crippen LogP contribution in [-0.4, -0.2) is 17.6 Å². The molecule has 0 spiro atoms. The Bertz CT molecular complexity index is 457. The Labute approximate surface area is 101 Å². The number of carboxylic acids is 1. The van der Waals surface area contributed by atoms with E-state index >= 15 is 0 Å². The summed E-state index contributed by atoms with van der Waals surface area (Å²) in [6.07, 6.45) is 1.26. The van der Waals surface area contributed by atoms with E-state index in [2.05, 4.69) is 12.2 Å². The molecule has 4 nitrogen and oxygen atoms in total. The SMILES string of the molecule is Cc1cc(NCC2CC2C)cc(C(=O)O)c1N. The standard InChI is InChI=1S/C13H18N2O2/c1-7-3-9(7)6-15-10-4-8(2)12(14)11(5-10)13(16)17/h4-5,7,9,15H,3,6,14H2,1-2H3,(H,16,17). The van der Waals surface area contributed by atoms with E-state index < -0.39 is 5.97 Å². The predicted molar refractivity (Wildman–Crippen MR) is 68.3 cm³/mol. The maximum absolute atomic E-state index is 11.0. The van der Waals surface area contributed by atoms with Crippen molar-refractivity contribution < 1.29 is 9.90 Å². The van der Waals surface area contributed by atoms with E-state index in [1.165, 1.54) is 6.42 Å². The van der Waals surface area contributed by atoms with Gasteiger partial charge < -0.3 is 16.2 Å². The first-order valence-corrected chi connectivity index (χ1v) is 5.86. The number of carbonyl (C=O) groups is 1. The number of aromatic carboxylic acids is 1. The fourth-order valence-electron chi connectivity index (χ4n) is 2.01. The number of anilines is 2. The van der Waals surface area contributed by atoms with Crippen LogP contribution >= 0.6 is 0 Å². The highest BCUT2D eigenvalue weighted by molar-refractivity contribution is 5.95. The van der Waals surface area contributed by atoms with Gasteiger partial charge in [0.05, 0.1) is 5.56 Å². The molecule has 4 heteroatoms. The molecule has 92 valence electrons. The van der Waals surface area contributed by atoms with Crippen LogP contribution in [0.4, 0.5) is 11.4 Å². The van der Waals surface area contributed by atoms with E-state index in [1.54, 1.807) is 6.07 Å². The molecule has 1 aromatic rings. The van der Waals surface area contributed by atoms with E-state index in [0.717, 1.165) is 29.6 Å². The average molecular weight is 234 g/mol. The van der Waals surface area contributed by atoms with Gasteiger partial charge in [0, 0.05) is 17.9 Å². The Morgan fingerprint density at radius 3 is 2.76 bits per heavy atom. The van der Waals surface area contributed by atoms with Gasteiger partial charge in [-0.15, -0.1) is 0 Å². The number of nitrogens with one attached hydrogen (secondary N) is 1. The van der Waals surface area contributed by atoms with Gasteiger partial charge in [-0.1, -0.05) is 6.92 Å². The van der Waals surface area contributed by atoms with Gasteiger partial charge >= 0.3 is 5.97 Å². The maximum atomic E-state index is 11.0. The van der Waals surface area contributed by atoms with Crippen LogP contribution < -0.4 is 11.1 Å². The molecule has 1 aliphatic carbocycles. The van der Waals surface area contributed by atoms with Crippen LogP contribution in [0.2, 0.25) is 0 Å². The summed E-state index contributed by atoms with van der Waals surface area (Å²) in [4.78, 5) is 11.0. The summed E-state index contributed by atoms with van der Waals surface area (Å²) in [7, 11) is 0. The molecule has 0 aromatic heterocycles. The van der Waals surface area contributed by atoms with E-state index in [0.29, 0.717) is 5.69 Å². The molecule has 2 atom stereocenters. The topological polar surface area (TPSA) is 75.3 Å². The van der Waals surface area contributed by atoms with Crippen LogP contribution in [0.5, 0.6) is 0 Å². The molecule has 17 heavy (non-hydrogen) atoms. The minimum absolute atomic E-state index is 0.177. The highest BCUT2D eigenvalue weighted by Crippen LogP contribution is 2.37. The van der Waals surface area contributed by atoms with Crippen LogP contribution in [0.25, 0.3) is 0 Å². The summed E-state index contributed by atoms with van der Waals surface area (Å²) < 4.78 is 0. The lowest BCUT2D eigenvalue weighted by atomic mass is 10.1. The molecule has 0 amide bonds. The third-order valence-corrected chi connectivity index (χ3v) is 3.46. The first kappa shape index (κ1) is 11.8. The van der Waals surface area contributed by atoms with Gasteiger partial charge in [-0.05, 0) is 42.9 Å². The summed E-state index contributed by atoms with van der Waals surface area (Å²) in [6.45, 7) is 4.96. The molecule has 1 saturated carbocycles. The number of carboxylic acid groups (broad SMARTS) is 1. The Morgan fingerprint density at radius 2 is 2.24 bits per heavy atom. The first-order valence-electron chi connectivity index (χ1n) is 5.86. The molecule has 2 unspecified atom stereocenters. The van der Waals surface area contributed by atoms with Crippen LogP contribution in [-0.2, 0) is 0 Å². The zero-order chi connectivity index (χ0) is 12.6. The number of nitrogens with two attached hydrogens (primary N) is 1. The van der Waals surface area contributed by atoms with Crippen molar-refractivity contribution in [2.75, 3.05) is 17.6 Å². The molecular weight excluding hydrogens is 216 g/mol. The van der Waals surface area contributed by atoms with Crippen molar-refractivity contribution in [2.45, 2.75) is 20.3 Å². The summed E-state index contributed by atoms with van der Waals surface area (Å²) in [5.41, 5.74) is 7.90. The number of aryl methyl sites for hydroxylation is 1. The highest BCUT2D eigenvalue weighted by Gasteiger charge is 2.31. The molecule has 1 fully saturated rings. The van der Waals surface area contributed by atoms with Gasteiger partial charge in [0.25, 0.3) is 0 Å². The maximum Gasteiger partial charge on any atom is 0.337 e. The van der Waals surface area contributed by atoms with Crippen molar-refractivity contribution in [1.29, 1.82) is 0 Å². The third-order valence-electron chi connectivity index (χ3n) is 3.46. The van der Waals surface area contributed by atoms with E-state index in [4.69, 9.17) is 10.8 Å². The van der Waals surface area contributed by atoms with E-state index in [1.807, 2.05) is 13.0 Å². The number of hydrogen-bond acceptors (Lipinski definition) is 3. The van der Waals surface area contributed by atoms with Gasteiger partial charge in [0.2, 0.25) is 0 Å². The minimum Gasteiger partial charge on any atom is -0.478 e. The molecule has 0 heterocycles. The number of hydrogen-bond donors (Lipinski definition) is 3. The molecule has 1 aliphatic rings. The number of rotatable bonds is 4.